The van der Waals surface area contributed by atoms with Crippen LogP contribution in [0.5, 0.6) is 0 Å². The number of rotatable bonds is 5. The van der Waals surface area contributed by atoms with Crippen molar-refractivity contribution in [2.75, 3.05) is 25.2 Å². The number of para-hydroxylation sites is 1. The molecule has 2 aromatic carbocycles. The smallest absolute Gasteiger partial charge is 0.261 e. The number of anilines is 1. The van der Waals surface area contributed by atoms with Crippen LogP contribution in [0.2, 0.25) is 10.0 Å². The monoisotopic (exact) mass is 380 g/mol. The average Bonchev–Trinajstić information content (AvgIpc) is 3.01. The van der Waals surface area contributed by atoms with Gasteiger partial charge in [0, 0.05) is 12.1 Å². The first kappa shape index (κ1) is 17.2. The number of amides is 1. The number of carbonyl (C=O) groups is 1. The van der Waals surface area contributed by atoms with Crippen LogP contribution in [0.1, 0.15) is 10.4 Å². The number of hydrogen-bond acceptors (Lipinski definition) is 4. The molecule has 0 fully saturated rings. The van der Waals surface area contributed by atoms with E-state index in [1.165, 1.54) is 11.3 Å². The lowest BCUT2D eigenvalue weighted by Gasteiger charge is -2.20. The molecule has 1 amide bonds. The van der Waals surface area contributed by atoms with Crippen LogP contribution < -0.4 is 4.90 Å². The molecule has 24 heavy (non-hydrogen) atoms. The minimum absolute atomic E-state index is 0.251. The molecule has 0 aliphatic carbocycles. The summed E-state index contributed by atoms with van der Waals surface area (Å²) in [6, 6.07) is 12.6. The number of ether oxygens (including phenoxy) is 1. The number of thiazole rings is 1. The van der Waals surface area contributed by atoms with Crippen molar-refractivity contribution in [3.8, 4) is 0 Å². The van der Waals surface area contributed by atoms with E-state index >= 15 is 0 Å². The molecule has 7 heteroatoms. The van der Waals surface area contributed by atoms with Gasteiger partial charge in [-0.15, -0.1) is 0 Å². The Balaban J connectivity index is 2.02. The van der Waals surface area contributed by atoms with Crippen LogP contribution in [-0.4, -0.2) is 31.2 Å². The van der Waals surface area contributed by atoms with Crippen LogP contribution in [0.3, 0.4) is 0 Å². The average molecular weight is 381 g/mol. The molecule has 0 saturated carbocycles. The molecule has 0 spiro atoms. The molecule has 0 bridgehead atoms. The fourth-order valence-corrected chi connectivity index (χ4v) is 3.61. The molecule has 3 rings (SSSR count). The summed E-state index contributed by atoms with van der Waals surface area (Å²) in [6.45, 7) is 0.762. The van der Waals surface area contributed by atoms with Gasteiger partial charge in [0.25, 0.3) is 5.91 Å². The number of halogens is 2. The number of hydrogen-bond donors (Lipinski definition) is 0. The van der Waals surface area contributed by atoms with Crippen molar-refractivity contribution in [3.63, 3.8) is 0 Å². The molecule has 1 aromatic heterocycles. The van der Waals surface area contributed by atoms with E-state index in [-0.39, 0.29) is 5.91 Å². The summed E-state index contributed by atoms with van der Waals surface area (Å²) in [6.07, 6.45) is 0. The molecule has 0 aliphatic rings. The van der Waals surface area contributed by atoms with Crippen LogP contribution in [-0.2, 0) is 4.74 Å². The van der Waals surface area contributed by atoms with E-state index in [1.807, 2.05) is 24.3 Å². The van der Waals surface area contributed by atoms with E-state index in [2.05, 4.69) is 4.98 Å². The molecule has 0 aliphatic heterocycles. The highest BCUT2D eigenvalue weighted by atomic mass is 35.5. The zero-order chi connectivity index (χ0) is 17.1. The lowest BCUT2D eigenvalue weighted by atomic mass is 10.2. The van der Waals surface area contributed by atoms with E-state index in [0.29, 0.717) is 33.9 Å². The number of benzene rings is 2. The van der Waals surface area contributed by atoms with Crippen molar-refractivity contribution >= 4 is 55.8 Å². The van der Waals surface area contributed by atoms with E-state index in [9.17, 15) is 4.79 Å². The lowest BCUT2D eigenvalue weighted by molar-refractivity contribution is 0.0976. The molecule has 0 unspecified atom stereocenters. The van der Waals surface area contributed by atoms with Gasteiger partial charge >= 0.3 is 0 Å². The number of fused-ring (bicyclic) bond motifs is 1. The third-order valence-electron chi connectivity index (χ3n) is 3.44. The Hall–Kier alpha value is -1.66. The summed E-state index contributed by atoms with van der Waals surface area (Å²) in [5.41, 5.74) is 1.20. The highest BCUT2D eigenvalue weighted by Crippen LogP contribution is 2.31. The minimum Gasteiger partial charge on any atom is -0.383 e. The summed E-state index contributed by atoms with van der Waals surface area (Å²) >= 11 is 13.6. The SMILES string of the molecule is COCCN(C(=O)c1cc(Cl)ccc1Cl)c1nc2ccccc2s1. The maximum atomic E-state index is 13.0. The Bertz CT molecular complexity index is 849. The van der Waals surface area contributed by atoms with Crippen molar-refractivity contribution < 1.29 is 9.53 Å². The molecule has 3 aromatic rings. The van der Waals surface area contributed by atoms with Gasteiger partial charge in [0.1, 0.15) is 0 Å². The van der Waals surface area contributed by atoms with Crippen molar-refractivity contribution in [2.24, 2.45) is 0 Å². The van der Waals surface area contributed by atoms with Crippen LogP contribution >= 0.6 is 34.5 Å². The summed E-state index contributed by atoms with van der Waals surface area (Å²) in [5.74, 6) is -0.251. The van der Waals surface area contributed by atoms with Crippen LogP contribution in [0.4, 0.5) is 5.13 Å². The number of methoxy groups -OCH3 is 1. The topological polar surface area (TPSA) is 42.4 Å². The third-order valence-corrected chi connectivity index (χ3v) is 5.06. The number of aromatic nitrogens is 1. The Kier molecular flexibility index (Phi) is 5.36. The number of nitrogens with zero attached hydrogens (tertiary/aromatic N) is 2. The summed E-state index contributed by atoms with van der Waals surface area (Å²) in [7, 11) is 1.59. The predicted molar refractivity (Wildman–Crippen MR) is 99.6 cm³/mol. The van der Waals surface area contributed by atoms with Crippen molar-refractivity contribution in [2.45, 2.75) is 0 Å². The molecule has 0 atom stereocenters. The normalized spacial score (nSPS) is 11.0. The molecular formula is C17H14Cl2N2O2S. The van der Waals surface area contributed by atoms with Gasteiger partial charge in [0.05, 0.1) is 34.0 Å². The summed E-state index contributed by atoms with van der Waals surface area (Å²) < 4.78 is 6.15. The summed E-state index contributed by atoms with van der Waals surface area (Å²) in [4.78, 5) is 19.1. The number of carbonyl (C=O) groups excluding carboxylic acids is 1. The zero-order valence-electron chi connectivity index (χ0n) is 12.8. The summed E-state index contributed by atoms with van der Waals surface area (Å²) in [5, 5.41) is 1.42. The standard InChI is InChI=1S/C17H14Cl2N2O2S/c1-23-9-8-21(16(22)12-10-11(18)6-7-13(12)19)17-20-14-4-2-3-5-15(14)24-17/h2-7,10H,8-9H2,1H3. The molecule has 124 valence electrons. The Labute approximate surface area is 153 Å². The van der Waals surface area contributed by atoms with E-state index in [4.69, 9.17) is 27.9 Å². The lowest BCUT2D eigenvalue weighted by Crippen LogP contribution is -2.34. The largest absolute Gasteiger partial charge is 0.383 e. The van der Waals surface area contributed by atoms with Gasteiger partial charge in [-0.1, -0.05) is 46.7 Å². The first-order chi connectivity index (χ1) is 11.6. The van der Waals surface area contributed by atoms with Gasteiger partial charge in [-0.05, 0) is 30.3 Å². The van der Waals surface area contributed by atoms with Gasteiger partial charge < -0.3 is 4.74 Å². The molecular weight excluding hydrogens is 367 g/mol. The fraction of sp³-hybridized carbons (Fsp3) is 0.176. The van der Waals surface area contributed by atoms with E-state index < -0.39 is 0 Å². The van der Waals surface area contributed by atoms with Crippen molar-refractivity contribution in [1.82, 2.24) is 4.98 Å². The van der Waals surface area contributed by atoms with Crippen LogP contribution in [0.15, 0.2) is 42.5 Å². The Morgan fingerprint density at radius 3 is 2.79 bits per heavy atom. The zero-order valence-corrected chi connectivity index (χ0v) is 15.2. The molecule has 0 radical (unpaired) electrons. The van der Waals surface area contributed by atoms with Gasteiger partial charge in [-0.2, -0.15) is 0 Å². The first-order valence-corrected chi connectivity index (χ1v) is 8.79. The molecule has 1 heterocycles. The van der Waals surface area contributed by atoms with Crippen LogP contribution in [0.25, 0.3) is 10.2 Å². The van der Waals surface area contributed by atoms with Gasteiger partial charge in [0.15, 0.2) is 5.13 Å². The first-order valence-electron chi connectivity index (χ1n) is 7.21. The van der Waals surface area contributed by atoms with Gasteiger partial charge in [0.2, 0.25) is 0 Å². The molecule has 4 nitrogen and oxygen atoms in total. The third kappa shape index (κ3) is 3.54. The quantitative estimate of drug-likeness (QED) is 0.632. The van der Waals surface area contributed by atoms with Crippen molar-refractivity contribution in [3.05, 3.63) is 58.1 Å². The van der Waals surface area contributed by atoms with Gasteiger partial charge in [-0.25, -0.2) is 4.98 Å². The Morgan fingerprint density at radius 1 is 1.25 bits per heavy atom. The highest BCUT2D eigenvalue weighted by Gasteiger charge is 2.23. The maximum Gasteiger partial charge on any atom is 0.261 e. The van der Waals surface area contributed by atoms with E-state index in [0.717, 1.165) is 10.2 Å². The minimum atomic E-state index is -0.251. The molecule has 0 saturated heterocycles. The second-order valence-electron chi connectivity index (χ2n) is 5.04. The van der Waals surface area contributed by atoms with Gasteiger partial charge in [-0.3, -0.25) is 9.69 Å². The second-order valence-corrected chi connectivity index (χ2v) is 6.89. The van der Waals surface area contributed by atoms with Crippen LogP contribution in [0, 0.1) is 0 Å². The fourth-order valence-electron chi connectivity index (χ4n) is 2.25. The maximum absolute atomic E-state index is 13.0. The van der Waals surface area contributed by atoms with E-state index in [1.54, 1.807) is 30.2 Å². The second kappa shape index (κ2) is 7.49. The predicted octanol–water partition coefficient (Wildman–Crippen LogP) is 4.90. The van der Waals surface area contributed by atoms with Crippen molar-refractivity contribution in [1.29, 1.82) is 0 Å². The molecule has 0 N–H and O–H groups in total. The Morgan fingerprint density at radius 2 is 2.04 bits per heavy atom. The highest BCUT2D eigenvalue weighted by molar-refractivity contribution is 7.22.